The van der Waals surface area contributed by atoms with Crippen LogP contribution < -0.4 is 10.1 Å². The fourth-order valence-electron chi connectivity index (χ4n) is 2.67. The van der Waals surface area contributed by atoms with Gasteiger partial charge in [0.1, 0.15) is 5.75 Å². The molecule has 0 radical (unpaired) electrons. The first-order chi connectivity index (χ1) is 12.8. The molecule has 1 N–H and O–H groups in total. The summed E-state index contributed by atoms with van der Waals surface area (Å²) in [6, 6.07) is 27.6. The summed E-state index contributed by atoms with van der Waals surface area (Å²) in [5.41, 5.74) is 2.14. The first-order valence-corrected chi connectivity index (χ1v) is 9.41. The highest BCUT2D eigenvalue weighted by atomic mass is 32.2. The van der Waals surface area contributed by atoms with Gasteiger partial charge >= 0.3 is 0 Å². The molecule has 3 nitrogen and oxygen atoms in total. The average molecular weight is 363 g/mol. The second-order valence-electron chi connectivity index (χ2n) is 5.79. The van der Waals surface area contributed by atoms with Crippen LogP contribution in [0.15, 0.2) is 89.8 Å². The number of ether oxygens (including phenoxy) is 1. The molecule has 132 valence electrons. The van der Waals surface area contributed by atoms with Crippen LogP contribution in [0.5, 0.6) is 5.75 Å². The van der Waals surface area contributed by atoms with E-state index in [1.54, 1.807) is 7.11 Å². The van der Waals surface area contributed by atoms with Gasteiger partial charge in [-0.05, 0) is 35.4 Å². The standard InChI is InChI=1S/C22H21NO2S/c1-25-19-12-14-20(15-13-19)26-16-21(24)23-22(17-8-4-2-5-9-17)18-10-6-3-7-11-18/h2-15,22H,16H2,1H3,(H,23,24). The normalized spacial score (nSPS) is 10.5. The van der Waals surface area contributed by atoms with E-state index in [0.29, 0.717) is 5.75 Å². The van der Waals surface area contributed by atoms with Crippen molar-refractivity contribution in [3.05, 3.63) is 96.1 Å². The van der Waals surface area contributed by atoms with Gasteiger partial charge < -0.3 is 10.1 Å². The van der Waals surface area contributed by atoms with Gasteiger partial charge in [-0.25, -0.2) is 0 Å². The molecule has 0 unspecified atom stereocenters. The van der Waals surface area contributed by atoms with Gasteiger partial charge in [-0.1, -0.05) is 60.7 Å². The molecule has 0 aliphatic rings. The van der Waals surface area contributed by atoms with Crippen LogP contribution in [-0.2, 0) is 4.79 Å². The molecular weight excluding hydrogens is 342 g/mol. The van der Waals surface area contributed by atoms with Crippen molar-refractivity contribution < 1.29 is 9.53 Å². The molecule has 26 heavy (non-hydrogen) atoms. The van der Waals surface area contributed by atoms with Crippen molar-refractivity contribution in [1.29, 1.82) is 0 Å². The second kappa shape index (κ2) is 9.11. The fourth-order valence-corrected chi connectivity index (χ4v) is 3.38. The third kappa shape index (κ3) is 4.90. The maximum absolute atomic E-state index is 12.5. The summed E-state index contributed by atoms with van der Waals surface area (Å²) in [7, 11) is 1.64. The Bertz CT molecular complexity index is 780. The van der Waals surface area contributed by atoms with Crippen molar-refractivity contribution in [2.75, 3.05) is 12.9 Å². The summed E-state index contributed by atoms with van der Waals surface area (Å²) in [6.07, 6.45) is 0. The van der Waals surface area contributed by atoms with Gasteiger partial charge in [-0.3, -0.25) is 4.79 Å². The van der Waals surface area contributed by atoms with E-state index in [1.807, 2.05) is 84.9 Å². The van der Waals surface area contributed by atoms with Crippen molar-refractivity contribution in [3.8, 4) is 5.75 Å². The number of carbonyl (C=O) groups excluding carboxylic acids is 1. The fraction of sp³-hybridized carbons (Fsp3) is 0.136. The van der Waals surface area contributed by atoms with Gasteiger partial charge in [-0.15, -0.1) is 11.8 Å². The third-order valence-electron chi connectivity index (χ3n) is 4.00. The molecule has 0 atom stereocenters. The van der Waals surface area contributed by atoms with E-state index in [4.69, 9.17) is 4.74 Å². The Balaban J connectivity index is 1.67. The number of thioether (sulfide) groups is 1. The van der Waals surface area contributed by atoms with Gasteiger partial charge in [0.2, 0.25) is 5.91 Å². The number of hydrogen-bond acceptors (Lipinski definition) is 3. The molecule has 0 spiro atoms. The minimum atomic E-state index is -0.152. The van der Waals surface area contributed by atoms with Crippen molar-refractivity contribution in [3.63, 3.8) is 0 Å². The van der Waals surface area contributed by atoms with Gasteiger partial charge in [0, 0.05) is 4.90 Å². The van der Waals surface area contributed by atoms with E-state index in [9.17, 15) is 4.79 Å². The quantitative estimate of drug-likeness (QED) is 0.619. The lowest BCUT2D eigenvalue weighted by Crippen LogP contribution is -2.30. The molecule has 3 aromatic carbocycles. The third-order valence-corrected chi connectivity index (χ3v) is 5.01. The highest BCUT2D eigenvalue weighted by Gasteiger charge is 2.16. The highest BCUT2D eigenvalue weighted by molar-refractivity contribution is 8.00. The number of rotatable bonds is 7. The van der Waals surface area contributed by atoms with Crippen molar-refractivity contribution in [2.24, 2.45) is 0 Å². The molecule has 0 heterocycles. The van der Waals surface area contributed by atoms with Crippen molar-refractivity contribution in [2.45, 2.75) is 10.9 Å². The maximum atomic E-state index is 12.5. The van der Waals surface area contributed by atoms with Crippen LogP contribution in [0.3, 0.4) is 0 Å². The summed E-state index contributed by atoms with van der Waals surface area (Å²) in [4.78, 5) is 13.6. The molecule has 0 bridgehead atoms. The van der Waals surface area contributed by atoms with Crippen molar-refractivity contribution in [1.82, 2.24) is 5.32 Å². The van der Waals surface area contributed by atoms with Crippen LogP contribution in [0.2, 0.25) is 0 Å². The number of carbonyl (C=O) groups is 1. The van der Waals surface area contributed by atoms with Gasteiger partial charge in [0.05, 0.1) is 18.9 Å². The van der Waals surface area contributed by atoms with E-state index < -0.39 is 0 Å². The number of benzene rings is 3. The zero-order valence-corrected chi connectivity index (χ0v) is 15.4. The van der Waals surface area contributed by atoms with Crippen LogP contribution in [0.25, 0.3) is 0 Å². The van der Waals surface area contributed by atoms with E-state index >= 15 is 0 Å². The van der Waals surface area contributed by atoms with Crippen LogP contribution in [0.4, 0.5) is 0 Å². The van der Waals surface area contributed by atoms with Crippen LogP contribution in [-0.4, -0.2) is 18.8 Å². The zero-order valence-electron chi connectivity index (χ0n) is 14.6. The number of hydrogen-bond donors (Lipinski definition) is 1. The lowest BCUT2D eigenvalue weighted by Gasteiger charge is -2.20. The summed E-state index contributed by atoms with van der Waals surface area (Å²) >= 11 is 1.51. The Kier molecular flexibility index (Phi) is 6.34. The lowest BCUT2D eigenvalue weighted by molar-refractivity contribution is -0.119. The minimum absolute atomic E-state index is 0.00326. The molecule has 1 amide bonds. The van der Waals surface area contributed by atoms with Crippen molar-refractivity contribution >= 4 is 17.7 Å². The molecule has 3 aromatic rings. The molecule has 0 aliphatic heterocycles. The molecule has 4 heteroatoms. The van der Waals surface area contributed by atoms with E-state index in [-0.39, 0.29) is 11.9 Å². The lowest BCUT2D eigenvalue weighted by atomic mass is 9.99. The molecule has 0 aliphatic carbocycles. The Morgan fingerprint density at radius 1 is 0.885 bits per heavy atom. The Morgan fingerprint density at radius 3 is 1.92 bits per heavy atom. The van der Waals surface area contributed by atoms with Gasteiger partial charge in [-0.2, -0.15) is 0 Å². The second-order valence-corrected chi connectivity index (χ2v) is 6.83. The SMILES string of the molecule is COc1ccc(SCC(=O)NC(c2ccccc2)c2ccccc2)cc1. The van der Waals surface area contributed by atoms with E-state index in [2.05, 4.69) is 5.32 Å². The number of nitrogens with one attached hydrogen (secondary N) is 1. The Morgan fingerprint density at radius 2 is 1.42 bits per heavy atom. The predicted octanol–water partition coefficient (Wildman–Crippen LogP) is 4.69. The molecule has 3 rings (SSSR count). The number of methoxy groups -OCH3 is 1. The Labute approximate surface area is 158 Å². The maximum Gasteiger partial charge on any atom is 0.231 e. The van der Waals surface area contributed by atoms with Crippen LogP contribution in [0, 0.1) is 0 Å². The summed E-state index contributed by atoms with van der Waals surface area (Å²) < 4.78 is 5.16. The summed E-state index contributed by atoms with van der Waals surface area (Å²) in [6.45, 7) is 0. The highest BCUT2D eigenvalue weighted by Crippen LogP contribution is 2.24. The zero-order chi connectivity index (χ0) is 18.2. The molecular formula is C22H21NO2S. The van der Waals surface area contributed by atoms with Crippen LogP contribution >= 0.6 is 11.8 Å². The largest absolute Gasteiger partial charge is 0.497 e. The summed E-state index contributed by atoms with van der Waals surface area (Å²) in [5, 5.41) is 3.16. The van der Waals surface area contributed by atoms with E-state index in [1.165, 1.54) is 11.8 Å². The first kappa shape index (κ1) is 18.1. The first-order valence-electron chi connectivity index (χ1n) is 8.42. The van der Waals surface area contributed by atoms with Gasteiger partial charge in [0.15, 0.2) is 0 Å². The average Bonchev–Trinajstić information content (AvgIpc) is 2.72. The Hall–Kier alpha value is -2.72. The molecule has 0 fully saturated rings. The smallest absolute Gasteiger partial charge is 0.231 e. The monoisotopic (exact) mass is 363 g/mol. The topological polar surface area (TPSA) is 38.3 Å². The molecule has 0 aromatic heterocycles. The molecule has 0 saturated heterocycles. The number of amides is 1. The van der Waals surface area contributed by atoms with Gasteiger partial charge in [0.25, 0.3) is 0 Å². The summed E-state index contributed by atoms with van der Waals surface area (Å²) in [5.74, 6) is 1.18. The predicted molar refractivity (Wildman–Crippen MR) is 107 cm³/mol. The minimum Gasteiger partial charge on any atom is -0.497 e. The van der Waals surface area contributed by atoms with E-state index in [0.717, 1.165) is 21.8 Å². The van der Waals surface area contributed by atoms with Crippen LogP contribution in [0.1, 0.15) is 17.2 Å². The molecule has 0 saturated carbocycles.